The van der Waals surface area contributed by atoms with E-state index in [-0.39, 0.29) is 4.09 Å². The third-order valence-electron chi connectivity index (χ3n) is 4.12. The van der Waals surface area contributed by atoms with Gasteiger partial charge >= 0.3 is 102 Å². The van der Waals surface area contributed by atoms with Gasteiger partial charge in [0.05, 0.1) is 0 Å². The average Bonchev–Trinajstić information content (AvgIpc) is 2.50. The molecule has 0 aliphatic carbocycles. The van der Waals surface area contributed by atoms with Crippen molar-refractivity contribution in [2.75, 3.05) is 0 Å². The molecule has 0 atom stereocenters. The van der Waals surface area contributed by atoms with Crippen LogP contribution in [0.3, 0.4) is 0 Å². The summed E-state index contributed by atoms with van der Waals surface area (Å²) in [5.41, 5.74) is 0. The molecule has 0 saturated heterocycles. The number of hydrogen-bond donors (Lipinski definition) is 0. The summed E-state index contributed by atoms with van der Waals surface area (Å²) in [7, 11) is 0. The first-order valence-electron chi connectivity index (χ1n) is 9.22. The van der Waals surface area contributed by atoms with E-state index in [1.54, 1.807) is 0 Å². The number of carbonyl (C=O) groups excluding carboxylic acids is 1. The topological polar surface area (TPSA) is 34.1 Å². The van der Waals surface area contributed by atoms with E-state index in [1.807, 2.05) is 0 Å². The molecule has 123 valence electrons. The van der Waals surface area contributed by atoms with Crippen LogP contribution in [-0.4, -0.2) is 4.09 Å². The van der Waals surface area contributed by atoms with Crippen LogP contribution in [0.2, 0.25) is 0 Å². The first-order valence-corrected chi connectivity index (χ1v) is 10.6. The summed E-state index contributed by atoms with van der Waals surface area (Å²) >= 11 is -1.51. The van der Waals surface area contributed by atoms with Gasteiger partial charge in [-0.2, -0.15) is 0 Å². The van der Waals surface area contributed by atoms with E-state index in [4.69, 9.17) is 0 Å². The maximum absolute atomic E-state index is 10.9. The van der Waals surface area contributed by atoms with E-state index in [9.17, 15) is 8.12 Å². The van der Waals surface area contributed by atoms with Gasteiger partial charge in [0.2, 0.25) is 0 Å². The summed E-state index contributed by atoms with van der Waals surface area (Å²) < 4.78 is 10.4. The second-order valence-corrected chi connectivity index (χ2v) is 7.41. The fourth-order valence-electron chi connectivity index (χ4n) is 2.71. The van der Waals surface area contributed by atoms with Crippen molar-refractivity contribution in [2.45, 2.75) is 110 Å². The molecule has 0 bridgehead atoms. The fraction of sp³-hybridized carbons (Fsp3) is 0.944. The van der Waals surface area contributed by atoms with Crippen LogP contribution in [0.4, 0.5) is 0 Å². The van der Waals surface area contributed by atoms with E-state index in [2.05, 4.69) is 6.92 Å². The molecule has 0 saturated carbocycles. The van der Waals surface area contributed by atoms with E-state index >= 15 is 0 Å². The molecule has 0 aromatic carbocycles. The molecule has 0 N–H and O–H groups in total. The van der Waals surface area contributed by atoms with Crippen molar-refractivity contribution in [2.24, 2.45) is 0 Å². The van der Waals surface area contributed by atoms with Gasteiger partial charge in [-0.25, -0.2) is 0 Å². The summed E-state index contributed by atoms with van der Waals surface area (Å²) in [5.74, 6) is 0. The van der Waals surface area contributed by atoms with Gasteiger partial charge in [-0.15, -0.1) is 0 Å². The van der Waals surface area contributed by atoms with Gasteiger partial charge < -0.3 is 0 Å². The van der Waals surface area contributed by atoms with Crippen LogP contribution < -0.4 is 0 Å². The molecular weight excluding hydrogens is 296 g/mol. The fourth-order valence-corrected chi connectivity index (χ4v) is 3.14. The maximum atomic E-state index is 10.9. The quantitative estimate of drug-likeness (QED) is 0.235. The Bertz CT molecular complexity index is 241. The minimum absolute atomic E-state index is 0.00435. The van der Waals surface area contributed by atoms with Crippen molar-refractivity contribution in [1.29, 1.82) is 0 Å². The molecule has 0 fully saturated rings. The van der Waals surface area contributed by atoms with Crippen LogP contribution in [0.15, 0.2) is 0 Å². The van der Waals surface area contributed by atoms with Crippen LogP contribution in [0.1, 0.15) is 110 Å². The Balaban J connectivity index is 2.99. The molecule has 0 radical (unpaired) electrons. The zero-order valence-corrected chi connectivity index (χ0v) is 15.7. The second kappa shape index (κ2) is 18.2. The predicted molar refractivity (Wildman–Crippen MR) is 85.2 cm³/mol. The SMILES string of the molecule is CCCCCCCCCCCCCCCCC[C](=O)[Ti]=[O]. The van der Waals surface area contributed by atoms with Gasteiger partial charge in [0.1, 0.15) is 0 Å². The van der Waals surface area contributed by atoms with Crippen molar-refractivity contribution in [1.82, 2.24) is 0 Å². The van der Waals surface area contributed by atoms with E-state index in [0.29, 0.717) is 6.42 Å². The Morgan fingerprint density at radius 3 is 1.29 bits per heavy atom. The number of unbranched alkanes of at least 4 members (excludes halogenated alkanes) is 14. The minimum atomic E-state index is -1.51. The molecule has 0 aromatic heterocycles. The molecular formula is C18H35O2Ti. The summed E-state index contributed by atoms with van der Waals surface area (Å²) in [6.45, 7) is 2.27. The standard InChI is InChI=1S/C18H35O.O.Ti/c1-2-3-4-5-6-7-8-9-10-11-12-13-14-15-16-17-18-19;;/h2-17H2,1H3;;. The van der Waals surface area contributed by atoms with Gasteiger partial charge in [0.15, 0.2) is 0 Å². The Kier molecular flexibility index (Phi) is 18.4. The number of carbonyl (C=O) groups is 1. The van der Waals surface area contributed by atoms with Crippen molar-refractivity contribution in [3.63, 3.8) is 0 Å². The molecule has 0 amide bonds. The molecule has 21 heavy (non-hydrogen) atoms. The third kappa shape index (κ3) is 18.1. The van der Waals surface area contributed by atoms with Gasteiger partial charge in [0.25, 0.3) is 0 Å². The molecule has 0 spiro atoms. The molecule has 0 aromatic rings. The zero-order valence-electron chi connectivity index (χ0n) is 14.1. The molecule has 0 unspecified atom stereocenters. The molecule has 0 aliphatic heterocycles. The molecule has 3 heteroatoms. The van der Waals surface area contributed by atoms with Crippen LogP contribution in [0.25, 0.3) is 0 Å². The normalized spacial score (nSPS) is 10.5. The van der Waals surface area contributed by atoms with E-state index in [1.165, 1.54) is 83.5 Å². The summed E-state index contributed by atoms with van der Waals surface area (Å²) in [6, 6.07) is 0. The van der Waals surface area contributed by atoms with Crippen molar-refractivity contribution in [3.05, 3.63) is 0 Å². The molecule has 0 rings (SSSR count). The molecule has 2 nitrogen and oxygen atoms in total. The summed E-state index contributed by atoms with van der Waals surface area (Å²) in [4.78, 5) is 10.9. The third-order valence-corrected chi connectivity index (χ3v) is 4.87. The number of hydrogen-bond acceptors (Lipinski definition) is 2. The summed E-state index contributed by atoms with van der Waals surface area (Å²) in [5, 5.41) is 0. The Labute approximate surface area is 141 Å². The van der Waals surface area contributed by atoms with Gasteiger partial charge in [-0.1, -0.05) is 39.0 Å². The molecule has 0 aliphatic rings. The first-order chi connectivity index (χ1) is 10.3. The summed E-state index contributed by atoms with van der Waals surface area (Å²) in [6.07, 6.45) is 20.6. The van der Waals surface area contributed by atoms with Crippen LogP contribution in [-0.2, 0) is 27.2 Å². The zero-order chi connectivity index (χ0) is 15.6. The Hall–Kier alpha value is 0.184. The monoisotopic (exact) mass is 331 g/mol. The predicted octanol–water partition coefficient (Wildman–Crippen LogP) is 6.20. The average molecular weight is 331 g/mol. The van der Waals surface area contributed by atoms with E-state index < -0.39 is 19.1 Å². The van der Waals surface area contributed by atoms with Crippen LogP contribution in [0, 0.1) is 0 Å². The van der Waals surface area contributed by atoms with Crippen LogP contribution in [0.5, 0.6) is 0 Å². The van der Waals surface area contributed by atoms with Crippen molar-refractivity contribution >= 4 is 4.09 Å². The Morgan fingerprint density at radius 2 is 0.952 bits per heavy atom. The first kappa shape index (κ1) is 21.2. The second-order valence-electron chi connectivity index (χ2n) is 6.22. The number of rotatable bonds is 17. The van der Waals surface area contributed by atoms with Crippen molar-refractivity contribution in [3.8, 4) is 0 Å². The van der Waals surface area contributed by atoms with Gasteiger partial charge in [-0.05, 0) is 0 Å². The van der Waals surface area contributed by atoms with Gasteiger partial charge in [-0.3, -0.25) is 0 Å². The Morgan fingerprint density at radius 1 is 0.619 bits per heavy atom. The van der Waals surface area contributed by atoms with Crippen molar-refractivity contribution < 1.29 is 27.2 Å². The van der Waals surface area contributed by atoms with Crippen LogP contribution >= 0.6 is 0 Å². The van der Waals surface area contributed by atoms with E-state index in [0.717, 1.165) is 12.8 Å². The molecule has 0 heterocycles. The van der Waals surface area contributed by atoms with Gasteiger partial charge in [0, 0.05) is 0 Å².